The Morgan fingerprint density at radius 3 is 1.87 bits per heavy atom. The van der Waals surface area contributed by atoms with Gasteiger partial charge < -0.3 is 10.1 Å². The van der Waals surface area contributed by atoms with Gasteiger partial charge in [-0.05, 0) is 22.3 Å². The highest BCUT2D eigenvalue weighted by atomic mass is 19.4. The van der Waals surface area contributed by atoms with Crippen molar-refractivity contribution in [2.45, 2.75) is 38.3 Å². The molecule has 31 heavy (non-hydrogen) atoms. The van der Waals surface area contributed by atoms with Crippen LogP contribution in [0.1, 0.15) is 34.6 Å². The molecule has 1 unspecified atom stereocenters. The van der Waals surface area contributed by atoms with Crippen LogP contribution in [0, 0.1) is 0 Å². The van der Waals surface area contributed by atoms with E-state index in [0.29, 0.717) is 13.2 Å². The summed E-state index contributed by atoms with van der Waals surface area (Å²) in [6.45, 7) is 1.13. The molecule has 0 aliphatic rings. The van der Waals surface area contributed by atoms with Gasteiger partial charge in [-0.1, -0.05) is 84.9 Å². The standard InChI is InChI=1S/C25H24F3NO2/c26-25(27,28)23(22-9-5-2-6-10-22)15-24(30)29-16-19-11-13-21(14-12-19)18-31-17-20-7-3-1-4-8-20/h1-14,23H,15-18H2,(H,29,30). The average Bonchev–Trinajstić information content (AvgIpc) is 2.77. The van der Waals surface area contributed by atoms with Crippen LogP contribution in [0.5, 0.6) is 0 Å². The molecule has 0 bridgehead atoms. The van der Waals surface area contributed by atoms with Gasteiger partial charge in [0.25, 0.3) is 0 Å². The molecule has 0 heterocycles. The maximum absolute atomic E-state index is 13.4. The van der Waals surface area contributed by atoms with Gasteiger partial charge in [0.05, 0.1) is 19.1 Å². The highest BCUT2D eigenvalue weighted by Gasteiger charge is 2.41. The van der Waals surface area contributed by atoms with Crippen LogP contribution in [-0.2, 0) is 29.3 Å². The van der Waals surface area contributed by atoms with Crippen LogP contribution in [0.3, 0.4) is 0 Å². The molecule has 0 radical (unpaired) electrons. The van der Waals surface area contributed by atoms with E-state index in [1.165, 1.54) is 24.3 Å². The van der Waals surface area contributed by atoms with Crippen molar-refractivity contribution in [1.82, 2.24) is 5.32 Å². The summed E-state index contributed by atoms with van der Waals surface area (Å²) in [5.74, 6) is -2.46. The van der Waals surface area contributed by atoms with Crippen LogP contribution in [0.2, 0.25) is 0 Å². The molecule has 3 nitrogen and oxygen atoms in total. The van der Waals surface area contributed by atoms with Crippen molar-refractivity contribution in [2.75, 3.05) is 0 Å². The molecule has 0 saturated carbocycles. The maximum Gasteiger partial charge on any atom is 0.396 e. The molecule has 3 aromatic rings. The highest BCUT2D eigenvalue weighted by Crippen LogP contribution is 2.37. The largest absolute Gasteiger partial charge is 0.396 e. The quantitative estimate of drug-likeness (QED) is 0.472. The zero-order valence-corrected chi connectivity index (χ0v) is 16.9. The van der Waals surface area contributed by atoms with Gasteiger partial charge in [-0.3, -0.25) is 4.79 Å². The summed E-state index contributed by atoms with van der Waals surface area (Å²) in [4.78, 5) is 12.2. The molecule has 3 aromatic carbocycles. The number of carbonyl (C=O) groups is 1. The van der Waals surface area contributed by atoms with Gasteiger partial charge in [-0.25, -0.2) is 0 Å². The molecule has 1 amide bonds. The fourth-order valence-electron chi connectivity index (χ4n) is 3.18. The number of hydrogen-bond donors (Lipinski definition) is 1. The lowest BCUT2D eigenvalue weighted by Gasteiger charge is -2.20. The molecule has 0 aromatic heterocycles. The van der Waals surface area contributed by atoms with Crippen molar-refractivity contribution < 1.29 is 22.7 Å². The van der Waals surface area contributed by atoms with Gasteiger partial charge >= 0.3 is 6.18 Å². The number of halogens is 3. The summed E-state index contributed by atoms with van der Waals surface area (Å²) in [5, 5.41) is 2.59. The maximum atomic E-state index is 13.4. The van der Waals surface area contributed by atoms with Crippen LogP contribution in [0.25, 0.3) is 0 Å². The Morgan fingerprint density at radius 1 is 0.774 bits per heavy atom. The third-order valence-electron chi connectivity index (χ3n) is 4.88. The van der Waals surface area contributed by atoms with E-state index in [2.05, 4.69) is 5.32 Å². The molecule has 0 saturated heterocycles. The normalized spacial score (nSPS) is 12.4. The first-order valence-electron chi connectivity index (χ1n) is 9.99. The lowest BCUT2D eigenvalue weighted by atomic mass is 9.95. The van der Waals surface area contributed by atoms with Crippen molar-refractivity contribution in [2.24, 2.45) is 0 Å². The number of alkyl halides is 3. The fraction of sp³-hybridized carbons (Fsp3) is 0.240. The molecule has 1 N–H and O–H groups in total. The molecule has 3 rings (SSSR count). The van der Waals surface area contributed by atoms with Gasteiger partial charge in [0.2, 0.25) is 5.91 Å². The average molecular weight is 427 g/mol. The highest BCUT2D eigenvalue weighted by molar-refractivity contribution is 5.77. The molecular weight excluding hydrogens is 403 g/mol. The zero-order chi connectivity index (χ0) is 22.1. The van der Waals surface area contributed by atoms with Gasteiger partial charge in [-0.15, -0.1) is 0 Å². The van der Waals surface area contributed by atoms with Crippen LogP contribution >= 0.6 is 0 Å². The van der Waals surface area contributed by atoms with E-state index in [4.69, 9.17) is 4.74 Å². The summed E-state index contributed by atoms with van der Waals surface area (Å²) in [5.41, 5.74) is 2.97. The lowest BCUT2D eigenvalue weighted by molar-refractivity contribution is -0.157. The molecule has 162 valence electrons. The van der Waals surface area contributed by atoms with E-state index < -0.39 is 24.4 Å². The Hall–Kier alpha value is -3.12. The minimum atomic E-state index is -4.49. The monoisotopic (exact) mass is 427 g/mol. The zero-order valence-electron chi connectivity index (χ0n) is 16.9. The first-order chi connectivity index (χ1) is 14.9. The molecule has 1 atom stereocenters. The van der Waals surface area contributed by atoms with E-state index in [1.807, 2.05) is 54.6 Å². The topological polar surface area (TPSA) is 38.3 Å². The molecule has 0 aliphatic heterocycles. The molecule has 0 spiro atoms. The van der Waals surface area contributed by atoms with E-state index in [9.17, 15) is 18.0 Å². The minimum absolute atomic E-state index is 0.0880. The Balaban J connectivity index is 1.47. The van der Waals surface area contributed by atoms with Gasteiger partial charge in [0.1, 0.15) is 0 Å². The molecule has 0 aliphatic carbocycles. The number of hydrogen-bond acceptors (Lipinski definition) is 2. The van der Waals surface area contributed by atoms with E-state index >= 15 is 0 Å². The third kappa shape index (κ3) is 7.26. The van der Waals surface area contributed by atoms with E-state index in [-0.39, 0.29) is 12.1 Å². The van der Waals surface area contributed by atoms with E-state index in [0.717, 1.165) is 16.7 Å². The number of ether oxygens (including phenoxy) is 1. The van der Waals surface area contributed by atoms with E-state index in [1.54, 1.807) is 6.07 Å². The second-order valence-electron chi connectivity index (χ2n) is 7.28. The molecular formula is C25H24F3NO2. The fourth-order valence-corrected chi connectivity index (χ4v) is 3.18. The van der Waals surface area contributed by atoms with Gasteiger partial charge in [-0.2, -0.15) is 13.2 Å². The Bertz CT molecular complexity index is 942. The van der Waals surface area contributed by atoms with Crippen molar-refractivity contribution in [3.05, 3.63) is 107 Å². The first kappa shape index (κ1) is 22.6. The predicted molar refractivity (Wildman–Crippen MR) is 113 cm³/mol. The molecule has 0 fully saturated rings. The second-order valence-corrected chi connectivity index (χ2v) is 7.28. The summed E-state index contributed by atoms with van der Waals surface area (Å²) in [6.07, 6.45) is -5.13. The summed E-state index contributed by atoms with van der Waals surface area (Å²) >= 11 is 0. The van der Waals surface area contributed by atoms with Crippen molar-refractivity contribution >= 4 is 5.91 Å². The predicted octanol–water partition coefficient (Wildman–Crippen LogP) is 5.76. The smallest absolute Gasteiger partial charge is 0.372 e. The minimum Gasteiger partial charge on any atom is -0.372 e. The Morgan fingerprint density at radius 2 is 1.29 bits per heavy atom. The van der Waals surface area contributed by atoms with Crippen LogP contribution < -0.4 is 5.32 Å². The van der Waals surface area contributed by atoms with Gasteiger partial charge in [0.15, 0.2) is 0 Å². The molecule has 6 heteroatoms. The van der Waals surface area contributed by atoms with Crippen LogP contribution in [-0.4, -0.2) is 12.1 Å². The van der Waals surface area contributed by atoms with Crippen molar-refractivity contribution in [3.63, 3.8) is 0 Å². The van der Waals surface area contributed by atoms with Crippen LogP contribution in [0.4, 0.5) is 13.2 Å². The number of amides is 1. The van der Waals surface area contributed by atoms with Gasteiger partial charge in [0, 0.05) is 13.0 Å². The SMILES string of the molecule is O=C(CC(c1ccccc1)C(F)(F)F)NCc1ccc(COCc2ccccc2)cc1. The summed E-state index contributed by atoms with van der Waals surface area (Å²) in [6, 6.07) is 24.8. The summed E-state index contributed by atoms with van der Waals surface area (Å²) < 4.78 is 45.9. The van der Waals surface area contributed by atoms with Crippen molar-refractivity contribution in [3.8, 4) is 0 Å². The van der Waals surface area contributed by atoms with Crippen LogP contribution in [0.15, 0.2) is 84.9 Å². The lowest BCUT2D eigenvalue weighted by Crippen LogP contribution is -2.30. The Labute approximate surface area is 179 Å². The van der Waals surface area contributed by atoms with Crippen molar-refractivity contribution in [1.29, 1.82) is 0 Å². The number of rotatable bonds is 9. The first-order valence-corrected chi connectivity index (χ1v) is 9.99. The third-order valence-corrected chi connectivity index (χ3v) is 4.88. The number of carbonyl (C=O) groups excluding carboxylic acids is 1. The second kappa shape index (κ2) is 10.8. The number of benzene rings is 3. The summed E-state index contributed by atoms with van der Waals surface area (Å²) in [7, 11) is 0. The Kier molecular flexibility index (Phi) is 7.84. The number of nitrogens with one attached hydrogen (secondary N) is 1.